The van der Waals surface area contributed by atoms with Crippen LogP contribution in [0.3, 0.4) is 0 Å². The summed E-state index contributed by atoms with van der Waals surface area (Å²) in [5.74, 6) is -0.290. The van der Waals surface area contributed by atoms with E-state index in [0.29, 0.717) is 5.69 Å². The van der Waals surface area contributed by atoms with Gasteiger partial charge in [-0.1, -0.05) is 43.2 Å². The van der Waals surface area contributed by atoms with Crippen LogP contribution < -0.4 is 4.90 Å². The fourth-order valence-electron chi connectivity index (χ4n) is 7.44. The van der Waals surface area contributed by atoms with Crippen molar-refractivity contribution in [1.82, 2.24) is 0 Å². The zero-order chi connectivity index (χ0) is 18.2. The van der Waals surface area contributed by atoms with E-state index >= 15 is 0 Å². The highest BCUT2D eigenvalue weighted by Crippen LogP contribution is 2.70. The Morgan fingerprint density at radius 1 is 0.852 bits per heavy atom. The highest BCUT2D eigenvalue weighted by Gasteiger charge is 2.74. The lowest BCUT2D eigenvalue weighted by Gasteiger charge is -2.62. The van der Waals surface area contributed by atoms with Crippen molar-refractivity contribution in [3.63, 3.8) is 0 Å². The van der Waals surface area contributed by atoms with Crippen LogP contribution in [0.4, 0.5) is 5.69 Å². The number of ether oxygens (including phenoxy) is 1. The molecule has 2 bridgehead atoms. The van der Waals surface area contributed by atoms with Crippen LogP contribution in [0.25, 0.3) is 0 Å². The maximum Gasteiger partial charge on any atom is 0.238 e. The van der Waals surface area contributed by atoms with Crippen LogP contribution in [0.15, 0.2) is 42.5 Å². The summed E-state index contributed by atoms with van der Waals surface area (Å²) in [6.45, 7) is 0.792. The Bertz CT molecular complexity index is 782. The van der Waals surface area contributed by atoms with Crippen molar-refractivity contribution in [2.75, 3.05) is 11.5 Å². The molecule has 4 heteroatoms. The first-order valence-electron chi connectivity index (χ1n) is 10.4. The Morgan fingerprint density at radius 2 is 1.52 bits per heavy atom. The van der Waals surface area contributed by atoms with Crippen molar-refractivity contribution >= 4 is 17.5 Å². The lowest BCUT2D eigenvalue weighted by Crippen LogP contribution is -2.66. The maximum atomic E-state index is 13.5. The topological polar surface area (TPSA) is 46.6 Å². The molecule has 4 nitrogen and oxygen atoms in total. The van der Waals surface area contributed by atoms with Crippen molar-refractivity contribution in [3.8, 4) is 0 Å². The molecule has 4 aliphatic carbocycles. The zero-order valence-corrected chi connectivity index (χ0v) is 15.5. The predicted octanol–water partition coefficient (Wildman–Crippen LogP) is 3.72. The molecule has 6 aliphatic rings. The Balaban J connectivity index is 1.50. The second-order valence-corrected chi connectivity index (χ2v) is 9.04. The normalized spacial score (nSPS) is 41.3. The minimum atomic E-state index is -0.253. The van der Waals surface area contributed by atoms with Gasteiger partial charge < -0.3 is 4.74 Å². The third kappa shape index (κ3) is 1.74. The van der Waals surface area contributed by atoms with Gasteiger partial charge in [0.05, 0.1) is 23.1 Å². The molecule has 2 saturated carbocycles. The molecule has 4 fully saturated rings. The maximum absolute atomic E-state index is 13.5. The first kappa shape index (κ1) is 16.1. The summed E-state index contributed by atoms with van der Waals surface area (Å²) < 4.78 is 6.55. The Labute approximate surface area is 159 Å². The molecule has 1 aromatic rings. The van der Waals surface area contributed by atoms with Crippen LogP contribution in [0, 0.1) is 29.1 Å². The van der Waals surface area contributed by atoms with Gasteiger partial charge >= 0.3 is 0 Å². The number of para-hydroxylation sites is 1. The molecular formula is C23H25NO3. The van der Waals surface area contributed by atoms with Crippen molar-refractivity contribution in [3.05, 3.63) is 42.5 Å². The van der Waals surface area contributed by atoms with E-state index in [-0.39, 0.29) is 46.5 Å². The largest absolute Gasteiger partial charge is 0.374 e. The van der Waals surface area contributed by atoms with Gasteiger partial charge in [-0.15, -0.1) is 0 Å². The van der Waals surface area contributed by atoms with Gasteiger partial charge in [0.25, 0.3) is 0 Å². The monoisotopic (exact) mass is 363 g/mol. The first-order chi connectivity index (χ1) is 13.2. The summed E-state index contributed by atoms with van der Waals surface area (Å²) in [4.78, 5) is 28.5. The van der Waals surface area contributed by atoms with Crippen LogP contribution in [0.5, 0.6) is 0 Å². The number of imide groups is 1. The van der Waals surface area contributed by atoms with E-state index in [9.17, 15) is 9.59 Å². The standard InChI is InChI=1S/C23H25NO3/c25-20-18-16-9-10-17(19(18)21(26)24(20)15-7-2-1-3-8-15)23(13-6-14-27-23)22(16)11-4-5-12-22/h1-3,7-10,16-19H,4-6,11-14H2/t16-,17+,18+,19-,23-/m0/s1. The Kier molecular flexibility index (Phi) is 3.16. The predicted molar refractivity (Wildman–Crippen MR) is 101 cm³/mol. The van der Waals surface area contributed by atoms with E-state index in [4.69, 9.17) is 4.74 Å². The van der Waals surface area contributed by atoms with Crippen LogP contribution in [-0.4, -0.2) is 24.0 Å². The van der Waals surface area contributed by atoms with Gasteiger partial charge in [-0.2, -0.15) is 0 Å². The Morgan fingerprint density at radius 3 is 2.19 bits per heavy atom. The number of carbonyl (C=O) groups excluding carboxylic acids is 2. The molecule has 1 aromatic carbocycles. The molecule has 2 amide bonds. The van der Waals surface area contributed by atoms with Crippen LogP contribution >= 0.6 is 0 Å². The van der Waals surface area contributed by atoms with Gasteiger partial charge in [0, 0.05) is 17.9 Å². The molecule has 2 spiro atoms. The molecule has 2 heterocycles. The second-order valence-electron chi connectivity index (χ2n) is 9.04. The van der Waals surface area contributed by atoms with Gasteiger partial charge in [-0.05, 0) is 43.7 Å². The van der Waals surface area contributed by atoms with Crippen molar-refractivity contribution < 1.29 is 14.3 Å². The summed E-state index contributed by atoms with van der Waals surface area (Å²) >= 11 is 0. The number of benzene rings is 1. The molecule has 7 rings (SSSR count). The van der Waals surface area contributed by atoms with Crippen LogP contribution in [0.2, 0.25) is 0 Å². The lowest BCUT2D eigenvalue weighted by molar-refractivity contribution is -0.204. The van der Waals surface area contributed by atoms with E-state index in [1.807, 2.05) is 30.3 Å². The third-order valence-electron chi connectivity index (χ3n) is 8.28. The summed E-state index contributed by atoms with van der Waals surface area (Å²) in [7, 11) is 0. The van der Waals surface area contributed by atoms with Crippen LogP contribution in [0.1, 0.15) is 38.5 Å². The minimum absolute atomic E-state index is 0.00896. The minimum Gasteiger partial charge on any atom is -0.374 e. The molecule has 0 radical (unpaired) electrons. The number of hydrogen-bond acceptors (Lipinski definition) is 3. The van der Waals surface area contributed by atoms with E-state index in [1.165, 1.54) is 17.7 Å². The van der Waals surface area contributed by atoms with Gasteiger partial charge in [-0.25, -0.2) is 0 Å². The average molecular weight is 363 g/mol. The molecule has 0 N–H and O–H groups in total. The summed E-state index contributed by atoms with van der Waals surface area (Å²) in [6.07, 6.45) is 11.3. The SMILES string of the molecule is O=C1[C@@H]2[C@H](C(=O)N1c1ccccc1)[C@@H]1C=C[C@H]2[C@@]2(CCCO2)C12CCCC2. The van der Waals surface area contributed by atoms with E-state index in [1.54, 1.807) is 0 Å². The van der Waals surface area contributed by atoms with Crippen molar-refractivity contribution in [2.45, 2.75) is 44.1 Å². The van der Waals surface area contributed by atoms with E-state index in [2.05, 4.69) is 12.2 Å². The number of nitrogens with zero attached hydrogens (tertiary/aromatic N) is 1. The quantitative estimate of drug-likeness (QED) is 0.564. The molecule has 2 saturated heterocycles. The molecule has 2 aliphatic heterocycles. The number of amides is 2. The van der Waals surface area contributed by atoms with E-state index < -0.39 is 0 Å². The molecule has 27 heavy (non-hydrogen) atoms. The lowest BCUT2D eigenvalue weighted by atomic mass is 9.43. The highest BCUT2D eigenvalue weighted by atomic mass is 16.5. The fourth-order valence-corrected chi connectivity index (χ4v) is 7.44. The Hall–Kier alpha value is -1.94. The molecule has 0 unspecified atom stereocenters. The van der Waals surface area contributed by atoms with Gasteiger partial charge in [0.1, 0.15) is 0 Å². The first-order valence-corrected chi connectivity index (χ1v) is 10.4. The molecule has 0 aromatic heterocycles. The van der Waals surface area contributed by atoms with Gasteiger partial charge in [0.15, 0.2) is 0 Å². The van der Waals surface area contributed by atoms with Gasteiger partial charge in [-0.3, -0.25) is 14.5 Å². The second kappa shape index (κ2) is 5.32. The zero-order valence-electron chi connectivity index (χ0n) is 15.5. The summed E-state index contributed by atoms with van der Waals surface area (Å²) in [5, 5.41) is 0. The summed E-state index contributed by atoms with van der Waals surface area (Å²) in [6, 6.07) is 9.45. The van der Waals surface area contributed by atoms with E-state index in [0.717, 1.165) is 32.3 Å². The fraction of sp³-hybridized carbons (Fsp3) is 0.565. The number of carbonyl (C=O) groups is 2. The van der Waals surface area contributed by atoms with Gasteiger partial charge in [0.2, 0.25) is 11.8 Å². The van der Waals surface area contributed by atoms with Crippen molar-refractivity contribution in [1.29, 1.82) is 0 Å². The third-order valence-corrected chi connectivity index (χ3v) is 8.28. The average Bonchev–Trinajstić information content (AvgIpc) is 3.42. The molecule has 5 atom stereocenters. The van der Waals surface area contributed by atoms with Crippen molar-refractivity contribution in [2.24, 2.45) is 29.1 Å². The number of allylic oxidation sites excluding steroid dienone is 1. The summed E-state index contributed by atoms with van der Waals surface area (Å²) in [5.41, 5.74) is 0.530. The smallest absolute Gasteiger partial charge is 0.238 e. The van der Waals surface area contributed by atoms with Crippen LogP contribution in [-0.2, 0) is 14.3 Å². The highest BCUT2D eigenvalue weighted by molar-refractivity contribution is 6.22. The number of anilines is 1. The molecule has 140 valence electrons. The number of rotatable bonds is 1. The molecular weight excluding hydrogens is 338 g/mol. The number of hydrogen-bond donors (Lipinski definition) is 0.